The first kappa shape index (κ1) is 12.4. The molecule has 0 saturated carbocycles. The number of pyridine rings is 1. The summed E-state index contributed by atoms with van der Waals surface area (Å²) in [7, 11) is 1.32. The summed E-state index contributed by atoms with van der Waals surface area (Å²) in [5, 5.41) is 2.83. The summed E-state index contributed by atoms with van der Waals surface area (Å²) < 4.78 is 4.51. The minimum absolute atomic E-state index is 0.0303. The first-order valence-corrected chi connectivity index (χ1v) is 5.03. The van der Waals surface area contributed by atoms with Crippen LogP contribution >= 0.6 is 12.2 Å². The molecule has 0 fully saturated rings. The number of aromatic nitrogens is 1. The summed E-state index contributed by atoms with van der Waals surface area (Å²) >= 11 is 4.93. The molecule has 0 aliphatic carbocycles. The van der Waals surface area contributed by atoms with Gasteiger partial charge in [0.05, 0.1) is 12.7 Å². The number of thiocarbonyl (C=S) groups is 1. The number of anilines is 1. The molecule has 0 amide bonds. The molecule has 1 heterocycles. The van der Waals surface area contributed by atoms with Crippen LogP contribution in [0.1, 0.15) is 11.1 Å². The minimum atomic E-state index is -0.378. The highest BCUT2D eigenvalue weighted by Gasteiger charge is 2.10. The number of nitrogens with one attached hydrogen (secondary N) is 1. The van der Waals surface area contributed by atoms with E-state index in [0.717, 1.165) is 5.56 Å². The molecule has 0 aliphatic heterocycles. The van der Waals surface area contributed by atoms with Crippen molar-refractivity contribution in [2.45, 2.75) is 6.92 Å². The van der Waals surface area contributed by atoms with Gasteiger partial charge in [0.25, 0.3) is 0 Å². The fraction of sp³-hybridized carbons (Fsp3) is 0.300. The van der Waals surface area contributed by atoms with Gasteiger partial charge in [-0.2, -0.15) is 0 Å². The summed E-state index contributed by atoms with van der Waals surface area (Å²) in [5.41, 5.74) is 7.16. The summed E-state index contributed by atoms with van der Waals surface area (Å²) in [6.07, 6.45) is 1.62. The number of carbonyl (C=O) groups excluding carboxylic acids is 1. The third kappa shape index (κ3) is 2.90. The average Bonchev–Trinajstić information content (AvgIpc) is 2.25. The highest BCUT2D eigenvalue weighted by molar-refractivity contribution is 7.80. The van der Waals surface area contributed by atoms with Crippen molar-refractivity contribution in [1.82, 2.24) is 4.98 Å². The molecule has 1 aromatic heterocycles. The van der Waals surface area contributed by atoms with Gasteiger partial charge in [-0.15, -0.1) is 0 Å². The molecule has 0 aliphatic rings. The number of nitrogens with two attached hydrogens (primary N) is 1. The molecular formula is C10H13N3O2S. The van der Waals surface area contributed by atoms with E-state index < -0.39 is 0 Å². The molecule has 0 saturated heterocycles. The highest BCUT2D eigenvalue weighted by Crippen LogP contribution is 2.15. The molecule has 5 nitrogen and oxygen atoms in total. The van der Waals surface area contributed by atoms with Crippen molar-refractivity contribution in [3.63, 3.8) is 0 Å². The number of aryl methyl sites for hydroxylation is 1. The lowest BCUT2D eigenvalue weighted by Crippen LogP contribution is -2.20. The number of esters is 1. The van der Waals surface area contributed by atoms with E-state index in [-0.39, 0.29) is 17.5 Å². The number of rotatable bonds is 4. The maximum absolute atomic E-state index is 11.0. The lowest BCUT2D eigenvalue weighted by molar-refractivity contribution is -0.138. The summed E-state index contributed by atoms with van der Waals surface area (Å²) in [6, 6.07) is 1.80. The van der Waals surface area contributed by atoms with Gasteiger partial charge in [0, 0.05) is 6.20 Å². The van der Waals surface area contributed by atoms with E-state index >= 15 is 0 Å². The number of ether oxygens (including phenoxy) is 1. The van der Waals surface area contributed by atoms with E-state index in [9.17, 15) is 4.79 Å². The average molecular weight is 239 g/mol. The van der Waals surface area contributed by atoms with Crippen LogP contribution in [-0.4, -0.2) is 29.6 Å². The second kappa shape index (κ2) is 5.41. The van der Waals surface area contributed by atoms with Crippen molar-refractivity contribution in [3.8, 4) is 0 Å². The van der Waals surface area contributed by atoms with Crippen molar-refractivity contribution < 1.29 is 9.53 Å². The molecule has 0 radical (unpaired) electrons. The first-order valence-electron chi connectivity index (χ1n) is 4.62. The van der Waals surface area contributed by atoms with E-state index in [4.69, 9.17) is 18.0 Å². The second-order valence-corrected chi connectivity index (χ2v) is 3.59. The fourth-order valence-electron chi connectivity index (χ4n) is 1.23. The molecule has 0 aromatic carbocycles. The zero-order valence-electron chi connectivity index (χ0n) is 9.11. The van der Waals surface area contributed by atoms with Gasteiger partial charge in [0.15, 0.2) is 0 Å². The molecule has 0 bridgehead atoms. The van der Waals surface area contributed by atoms with Gasteiger partial charge < -0.3 is 15.8 Å². The number of hydrogen-bond acceptors (Lipinski definition) is 5. The number of nitrogens with zero attached hydrogens (tertiary/aromatic N) is 1. The molecule has 1 rings (SSSR count). The normalized spacial score (nSPS) is 9.62. The van der Waals surface area contributed by atoms with Crippen LogP contribution in [0.15, 0.2) is 12.3 Å². The molecule has 86 valence electrons. The van der Waals surface area contributed by atoms with Crippen LogP contribution in [0.5, 0.6) is 0 Å². The van der Waals surface area contributed by atoms with Crippen molar-refractivity contribution in [3.05, 3.63) is 23.4 Å². The molecule has 3 N–H and O–H groups in total. The van der Waals surface area contributed by atoms with Gasteiger partial charge in [-0.05, 0) is 18.6 Å². The van der Waals surface area contributed by atoms with Crippen LogP contribution in [0.3, 0.4) is 0 Å². The largest absolute Gasteiger partial charge is 0.468 e. The Hall–Kier alpha value is -1.69. The minimum Gasteiger partial charge on any atom is -0.468 e. The first-order chi connectivity index (χ1) is 7.56. The maximum atomic E-state index is 11.0. The predicted molar refractivity (Wildman–Crippen MR) is 65.4 cm³/mol. The Morgan fingerprint density at radius 2 is 2.38 bits per heavy atom. The zero-order valence-corrected chi connectivity index (χ0v) is 9.93. The Bertz CT molecular complexity index is 421. The highest BCUT2D eigenvalue weighted by atomic mass is 32.1. The van der Waals surface area contributed by atoms with Gasteiger partial charge in [0.2, 0.25) is 0 Å². The van der Waals surface area contributed by atoms with Gasteiger partial charge in [0.1, 0.15) is 17.4 Å². The van der Waals surface area contributed by atoms with Crippen LogP contribution in [0.25, 0.3) is 0 Å². The number of methoxy groups -OCH3 is 1. The van der Waals surface area contributed by atoms with Crippen molar-refractivity contribution in [1.29, 1.82) is 0 Å². The maximum Gasteiger partial charge on any atom is 0.325 e. The lowest BCUT2D eigenvalue weighted by atomic mass is 10.1. The quantitative estimate of drug-likeness (QED) is 0.592. The summed E-state index contributed by atoms with van der Waals surface area (Å²) in [4.78, 5) is 15.3. The standard InChI is InChI=1S/C10H13N3O2S/c1-6-3-4-12-10(8(6)9(11)16)13-5-7(14)15-2/h3-4H,5H2,1-2H3,(H2,11,16)(H,12,13). The SMILES string of the molecule is COC(=O)CNc1nccc(C)c1C(N)=S. The predicted octanol–water partition coefficient (Wildman–Crippen LogP) is 0.609. The van der Waals surface area contributed by atoms with Crippen LogP contribution in [0, 0.1) is 6.92 Å². The smallest absolute Gasteiger partial charge is 0.325 e. The van der Waals surface area contributed by atoms with E-state index in [1.54, 1.807) is 12.3 Å². The lowest BCUT2D eigenvalue weighted by Gasteiger charge is -2.11. The van der Waals surface area contributed by atoms with Crippen molar-refractivity contribution >= 4 is 29.0 Å². The van der Waals surface area contributed by atoms with E-state index in [1.807, 2.05) is 6.92 Å². The molecule has 16 heavy (non-hydrogen) atoms. The van der Waals surface area contributed by atoms with E-state index in [1.165, 1.54) is 7.11 Å². The monoisotopic (exact) mass is 239 g/mol. The molecule has 1 aromatic rings. The Morgan fingerprint density at radius 3 is 2.94 bits per heavy atom. The van der Waals surface area contributed by atoms with E-state index in [2.05, 4.69) is 15.0 Å². The summed E-state index contributed by atoms with van der Waals surface area (Å²) in [6.45, 7) is 1.90. The Kier molecular flexibility index (Phi) is 4.19. The zero-order chi connectivity index (χ0) is 12.1. The van der Waals surface area contributed by atoms with E-state index in [0.29, 0.717) is 11.4 Å². The van der Waals surface area contributed by atoms with Gasteiger partial charge in [-0.3, -0.25) is 4.79 Å². The Labute approximate surface area is 99.0 Å². The van der Waals surface area contributed by atoms with Gasteiger partial charge in [-0.25, -0.2) is 4.98 Å². The van der Waals surface area contributed by atoms with Crippen LogP contribution in [0.2, 0.25) is 0 Å². The van der Waals surface area contributed by atoms with Gasteiger partial charge in [-0.1, -0.05) is 12.2 Å². The third-order valence-corrected chi connectivity index (χ3v) is 2.24. The van der Waals surface area contributed by atoms with Crippen LogP contribution < -0.4 is 11.1 Å². The molecule has 0 spiro atoms. The number of carbonyl (C=O) groups is 1. The second-order valence-electron chi connectivity index (χ2n) is 3.15. The Morgan fingerprint density at radius 1 is 1.69 bits per heavy atom. The fourth-order valence-corrected chi connectivity index (χ4v) is 1.49. The number of hydrogen-bond donors (Lipinski definition) is 2. The summed E-state index contributed by atoms with van der Waals surface area (Å²) in [5.74, 6) is 0.120. The Balaban J connectivity index is 2.91. The van der Waals surface area contributed by atoms with Crippen LogP contribution in [-0.2, 0) is 9.53 Å². The molecule has 6 heteroatoms. The molecule has 0 unspecified atom stereocenters. The topological polar surface area (TPSA) is 77.2 Å². The molecular weight excluding hydrogens is 226 g/mol. The van der Waals surface area contributed by atoms with Crippen LogP contribution in [0.4, 0.5) is 5.82 Å². The third-order valence-electron chi connectivity index (χ3n) is 2.03. The van der Waals surface area contributed by atoms with Crippen molar-refractivity contribution in [2.24, 2.45) is 5.73 Å². The van der Waals surface area contributed by atoms with Crippen molar-refractivity contribution in [2.75, 3.05) is 19.0 Å². The molecule has 0 atom stereocenters. The van der Waals surface area contributed by atoms with Gasteiger partial charge >= 0.3 is 5.97 Å².